The van der Waals surface area contributed by atoms with Crippen molar-refractivity contribution in [1.82, 2.24) is 0 Å². The molecule has 0 saturated carbocycles. The number of carbonyl (C=O) groups excluding carboxylic acids is 5. The van der Waals surface area contributed by atoms with Crippen LogP contribution in [0.4, 0.5) is 11.4 Å². The Morgan fingerprint density at radius 2 is 1.43 bits per heavy atom. The third-order valence-corrected chi connectivity index (χ3v) is 12.8. The summed E-state index contributed by atoms with van der Waals surface area (Å²) in [5, 5.41) is 48.3. The molecule has 0 aromatic heterocycles. The van der Waals surface area contributed by atoms with Crippen molar-refractivity contribution in [1.29, 1.82) is 0 Å². The third kappa shape index (κ3) is 12.1. The van der Waals surface area contributed by atoms with Crippen LogP contribution in [-0.2, 0) is 72.0 Å². The van der Waals surface area contributed by atoms with Gasteiger partial charge in [-0.3, -0.25) is 29.8 Å². The van der Waals surface area contributed by atoms with Gasteiger partial charge in [-0.1, -0.05) is 77.1 Å². The molecule has 5 rings (SSSR count). The summed E-state index contributed by atoms with van der Waals surface area (Å²) in [7, 11) is 0. The van der Waals surface area contributed by atoms with E-state index in [1.54, 1.807) is 0 Å². The summed E-state index contributed by atoms with van der Waals surface area (Å²) >= 11 is 6.11. The van der Waals surface area contributed by atoms with Crippen LogP contribution in [-0.4, -0.2) is 97.0 Å². The summed E-state index contributed by atoms with van der Waals surface area (Å²) in [6, 6.07) is 18.7. The molecule has 2 N–H and O–H groups in total. The molecule has 20 heteroatoms. The number of halogens is 1. The molecule has 2 saturated heterocycles. The average Bonchev–Trinajstić information content (AvgIpc) is 3.55. The van der Waals surface area contributed by atoms with Gasteiger partial charge in [0.1, 0.15) is 25.4 Å². The number of ether oxygens (including phenoxy) is 6. The summed E-state index contributed by atoms with van der Waals surface area (Å²) in [5.74, 6) is -10.5. The first-order valence-electron chi connectivity index (χ1n) is 22.6. The second-order valence-electron chi connectivity index (χ2n) is 17.8. The number of esters is 4. The fourth-order valence-electron chi connectivity index (χ4n) is 8.64. The lowest BCUT2D eigenvalue weighted by Gasteiger charge is -2.50. The number of nitro groups is 2. The number of non-ortho nitro benzene ring substituents is 2. The molecule has 3 aromatic rings. The van der Waals surface area contributed by atoms with Crippen molar-refractivity contribution in [2.24, 2.45) is 17.8 Å². The van der Waals surface area contributed by atoms with E-state index in [1.807, 2.05) is 58.0 Å². The largest absolute Gasteiger partial charge is 0.459 e. The van der Waals surface area contributed by atoms with Crippen molar-refractivity contribution in [3.63, 3.8) is 0 Å². The molecule has 0 spiro atoms. The van der Waals surface area contributed by atoms with E-state index in [4.69, 9.17) is 40.0 Å². The van der Waals surface area contributed by atoms with Gasteiger partial charge in [0.25, 0.3) is 17.0 Å². The van der Waals surface area contributed by atoms with Crippen molar-refractivity contribution < 1.29 is 72.5 Å². The number of nitro benzene ring substituents is 2. The monoisotopic (exact) mass is 992 g/mol. The summed E-state index contributed by atoms with van der Waals surface area (Å²) in [5.41, 5.74) is -6.31. The van der Waals surface area contributed by atoms with Gasteiger partial charge in [0.2, 0.25) is 11.4 Å². The highest BCUT2D eigenvalue weighted by atomic mass is 35.5. The number of ketones is 1. The predicted molar refractivity (Wildman–Crippen MR) is 249 cm³/mol. The number of alkyl halides is 1. The van der Waals surface area contributed by atoms with Gasteiger partial charge in [-0.25, -0.2) is 14.4 Å². The van der Waals surface area contributed by atoms with Gasteiger partial charge < -0.3 is 38.6 Å². The van der Waals surface area contributed by atoms with Gasteiger partial charge in [-0.05, 0) is 77.6 Å². The molecule has 0 amide bonds. The van der Waals surface area contributed by atoms with Crippen LogP contribution in [0.3, 0.4) is 0 Å². The zero-order valence-electron chi connectivity index (χ0n) is 39.4. The zero-order valence-corrected chi connectivity index (χ0v) is 40.1. The number of rotatable bonds is 24. The van der Waals surface area contributed by atoms with E-state index >= 15 is 4.79 Å². The lowest BCUT2D eigenvalue weighted by molar-refractivity contribution is -0.385. The summed E-state index contributed by atoms with van der Waals surface area (Å²) < 4.78 is 35.4. The molecule has 2 aliphatic rings. The predicted octanol–water partition coefficient (Wildman–Crippen LogP) is 6.74. The lowest BCUT2D eigenvalue weighted by atomic mass is 9.73. The van der Waals surface area contributed by atoms with E-state index in [0.29, 0.717) is 12.8 Å². The fourth-order valence-corrected chi connectivity index (χ4v) is 8.78. The molecule has 2 heterocycles. The van der Waals surface area contributed by atoms with Crippen molar-refractivity contribution in [2.45, 2.75) is 121 Å². The Labute approximate surface area is 409 Å². The molecular weight excluding hydrogens is 936 g/mol. The minimum Gasteiger partial charge on any atom is -0.459 e. The van der Waals surface area contributed by atoms with Crippen LogP contribution in [0.2, 0.25) is 0 Å². The minimum absolute atomic E-state index is 0.137. The number of allylic oxidation sites excluding steroid dienone is 1. The van der Waals surface area contributed by atoms with E-state index in [2.05, 4.69) is 6.58 Å². The molecule has 0 radical (unpaired) electrons. The number of nitrogens with zero attached hydrogens (tertiary/aromatic N) is 2. The Kier molecular flexibility index (Phi) is 18.3. The highest BCUT2D eigenvalue weighted by Gasteiger charge is 2.86. The summed E-state index contributed by atoms with van der Waals surface area (Å²) in [4.78, 5) is 91.7. The summed E-state index contributed by atoms with van der Waals surface area (Å²) in [6.07, 6.45) is -4.60. The SMILES string of the molecule is C=C(CC[C@@]12O[C@H](C(=O)CCl)[C@@](O)(C(=O)OCc3ccc([N+](=O)[O-])cc3)[C@@](C(=O)OCc3ccc([N+](=O)[O-])cc3)(O1)[C@H](OC(=O)/C=C/[C@@H](C)C[C@@H](C)CC)[C@H]2O)[C@@H](OC(C)=O)[C@H](C)Cc1ccccc1. The Bertz CT molecular complexity index is 2430. The molecule has 2 bridgehead atoms. The first-order valence-corrected chi connectivity index (χ1v) is 23.1. The standard InChI is InChI=1S/C50H57ClN2O17/c1-7-30(2)25-31(3)13-22-41(56)68-45-43(57)48(24-23-32(4)42(67-34(6)54)33(5)26-35-11-9-8-10-12-35)69-44(40(55)27-51)49(60,46(58)65-28-36-14-18-38(19-15-36)52(61)62)50(45,70-48)47(59)66-29-37-16-20-39(21-17-37)53(63)64/h8-22,30-31,33,42-45,57,60H,4,7,23-29H2,1-3,5-6H3/b22-13+/t30-,31+,33+,42+,43+,44+,45+,48+,49+,50+/m0/s1. The van der Waals surface area contributed by atoms with Crippen LogP contribution in [0.25, 0.3) is 0 Å². The second-order valence-corrected chi connectivity index (χ2v) is 18.0. The van der Waals surface area contributed by atoms with Crippen LogP contribution >= 0.6 is 11.6 Å². The highest BCUT2D eigenvalue weighted by molar-refractivity contribution is 6.28. The Balaban J connectivity index is 1.65. The number of hydrogen-bond donors (Lipinski definition) is 2. The van der Waals surface area contributed by atoms with Gasteiger partial charge in [0.15, 0.2) is 18.0 Å². The maximum atomic E-state index is 15.1. The number of Topliss-reactive ketones (excluding diaryl/α,β-unsaturated/α-hetero) is 1. The van der Waals surface area contributed by atoms with Gasteiger partial charge in [0.05, 0.1) is 15.7 Å². The van der Waals surface area contributed by atoms with E-state index in [0.717, 1.165) is 42.3 Å². The number of carbonyl (C=O) groups is 5. The van der Waals surface area contributed by atoms with E-state index in [-0.39, 0.29) is 46.3 Å². The molecule has 3 aromatic carbocycles. The minimum atomic E-state index is -3.71. The molecule has 376 valence electrons. The van der Waals surface area contributed by atoms with Crippen LogP contribution in [0.15, 0.2) is 103 Å². The maximum Gasteiger partial charge on any atom is 0.346 e. The molecule has 0 aliphatic carbocycles. The Hall–Kier alpha value is -6.38. The normalized spacial score (nSPS) is 24.4. The van der Waals surface area contributed by atoms with Crippen LogP contribution in [0.5, 0.6) is 0 Å². The van der Waals surface area contributed by atoms with Crippen molar-refractivity contribution in [3.05, 3.63) is 140 Å². The fraction of sp³-hybridized carbons (Fsp3) is 0.460. The number of aliphatic hydroxyl groups is 2. The molecule has 2 aliphatic heterocycles. The van der Waals surface area contributed by atoms with Gasteiger partial charge in [-0.2, -0.15) is 0 Å². The van der Waals surface area contributed by atoms with Crippen LogP contribution < -0.4 is 0 Å². The number of benzene rings is 3. The van der Waals surface area contributed by atoms with Gasteiger partial charge in [-0.15, -0.1) is 11.6 Å². The van der Waals surface area contributed by atoms with Crippen molar-refractivity contribution >= 4 is 52.6 Å². The second kappa shape index (κ2) is 23.5. The highest BCUT2D eigenvalue weighted by Crippen LogP contribution is 2.57. The lowest BCUT2D eigenvalue weighted by Crippen LogP contribution is -2.78. The molecular formula is C50H57ClN2O17. The average molecular weight is 993 g/mol. The quantitative estimate of drug-likeness (QED) is 0.0179. The van der Waals surface area contributed by atoms with Crippen LogP contribution in [0, 0.1) is 38.0 Å². The molecule has 0 unspecified atom stereocenters. The number of aliphatic hydroxyl groups excluding tert-OH is 1. The first kappa shape index (κ1) is 54.6. The molecule has 10 atom stereocenters. The first-order chi connectivity index (χ1) is 33.1. The zero-order chi connectivity index (χ0) is 51.6. The number of hydrogen-bond acceptors (Lipinski definition) is 17. The van der Waals surface area contributed by atoms with E-state index in [1.165, 1.54) is 37.3 Å². The Morgan fingerprint density at radius 3 is 1.94 bits per heavy atom. The third-order valence-electron chi connectivity index (χ3n) is 12.5. The molecule has 19 nitrogen and oxygen atoms in total. The molecule has 70 heavy (non-hydrogen) atoms. The van der Waals surface area contributed by atoms with Gasteiger partial charge >= 0.3 is 23.9 Å². The molecule has 2 fully saturated rings. The smallest absolute Gasteiger partial charge is 0.346 e. The topological polar surface area (TPSA) is 267 Å². The van der Waals surface area contributed by atoms with E-state index in [9.17, 15) is 49.6 Å². The van der Waals surface area contributed by atoms with E-state index < -0.39 is 112 Å². The number of fused-ring (bicyclic) bond motifs is 2. The summed E-state index contributed by atoms with van der Waals surface area (Å²) in [6.45, 7) is 11.6. The van der Waals surface area contributed by atoms with Crippen LogP contribution in [0.1, 0.15) is 77.0 Å². The van der Waals surface area contributed by atoms with Gasteiger partial charge in [0, 0.05) is 49.6 Å². The Morgan fingerprint density at radius 1 is 0.871 bits per heavy atom. The maximum absolute atomic E-state index is 15.1. The van der Waals surface area contributed by atoms with Crippen molar-refractivity contribution in [2.75, 3.05) is 5.88 Å². The van der Waals surface area contributed by atoms with Crippen molar-refractivity contribution in [3.8, 4) is 0 Å².